The number of morpholine rings is 1. The number of nitrogens with zero attached hydrogens (tertiary/aromatic N) is 3. The average molecular weight is 309 g/mol. The van der Waals surface area contributed by atoms with E-state index in [2.05, 4.69) is 10.2 Å². The van der Waals surface area contributed by atoms with Crippen molar-refractivity contribution in [3.8, 4) is 10.8 Å². The minimum absolute atomic E-state index is 0.0475. The number of thiophene rings is 1. The molecule has 0 amide bonds. The molecule has 1 saturated heterocycles. The Labute approximate surface area is 125 Å². The van der Waals surface area contributed by atoms with Crippen LogP contribution in [0.1, 0.15) is 12.3 Å². The van der Waals surface area contributed by atoms with Gasteiger partial charge < -0.3 is 14.3 Å². The van der Waals surface area contributed by atoms with E-state index < -0.39 is 5.97 Å². The summed E-state index contributed by atoms with van der Waals surface area (Å²) in [7, 11) is 0. The number of carboxylic acids is 1. The fourth-order valence-corrected chi connectivity index (χ4v) is 2.92. The van der Waals surface area contributed by atoms with Crippen LogP contribution in [0.4, 0.5) is 0 Å². The molecule has 0 aromatic carbocycles. The van der Waals surface area contributed by atoms with Gasteiger partial charge in [-0.2, -0.15) is 0 Å². The lowest BCUT2D eigenvalue weighted by Crippen LogP contribution is -2.45. The second-order valence-corrected chi connectivity index (χ2v) is 5.72. The van der Waals surface area contributed by atoms with Crippen LogP contribution in [0.2, 0.25) is 0 Å². The molecule has 2 aromatic rings. The smallest absolute Gasteiger partial charge is 0.305 e. The molecule has 1 atom stereocenters. The topological polar surface area (TPSA) is 88.7 Å². The van der Waals surface area contributed by atoms with Crippen LogP contribution in [0.15, 0.2) is 21.9 Å². The monoisotopic (exact) mass is 309 g/mol. The number of hydrogen-bond acceptors (Lipinski definition) is 7. The van der Waals surface area contributed by atoms with Gasteiger partial charge in [-0.3, -0.25) is 9.69 Å². The van der Waals surface area contributed by atoms with Gasteiger partial charge in [0.2, 0.25) is 5.89 Å². The highest BCUT2D eigenvalue weighted by Crippen LogP contribution is 2.24. The molecule has 7 nitrogen and oxygen atoms in total. The Balaban J connectivity index is 1.68. The van der Waals surface area contributed by atoms with E-state index in [1.165, 1.54) is 11.3 Å². The van der Waals surface area contributed by atoms with E-state index in [9.17, 15) is 4.79 Å². The first kappa shape index (κ1) is 14.2. The first-order valence-electron chi connectivity index (χ1n) is 6.62. The maximum atomic E-state index is 10.9. The third-order valence-electron chi connectivity index (χ3n) is 3.30. The predicted molar refractivity (Wildman–Crippen MR) is 74.9 cm³/mol. The van der Waals surface area contributed by atoms with Gasteiger partial charge in [-0.05, 0) is 11.4 Å². The molecule has 21 heavy (non-hydrogen) atoms. The van der Waals surface area contributed by atoms with Crippen LogP contribution in [-0.2, 0) is 16.1 Å². The van der Waals surface area contributed by atoms with Crippen molar-refractivity contribution in [1.29, 1.82) is 0 Å². The molecular weight excluding hydrogens is 294 g/mol. The van der Waals surface area contributed by atoms with E-state index in [0.717, 1.165) is 4.88 Å². The molecule has 0 bridgehead atoms. The van der Waals surface area contributed by atoms with Gasteiger partial charge in [0.05, 0.1) is 31.1 Å². The maximum absolute atomic E-state index is 10.9. The van der Waals surface area contributed by atoms with Crippen LogP contribution in [0.25, 0.3) is 10.8 Å². The number of carbonyl (C=O) groups is 1. The summed E-state index contributed by atoms with van der Waals surface area (Å²) in [4.78, 5) is 13.8. The van der Waals surface area contributed by atoms with E-state index in [0.29, 0.717) is 38.1 Å². The fraction of sp³-hybridized carbons (Fsp3) is 0.462. The molecule has 0 saturated carbocycles. The summed E-state index contributed by atoms with van der Waals surface area (Å²) in [5.41, 5.74) is 0. The highest BCUT2D eigenvalue weighted by molar-refractivity contribution is 7.13. The van der Waals surface area contributed by atoms with Crippen LogP contribution < -0.4 is 0 Å². The van der Waals surface area contributed by atoms with Crippen LogP contribution in [-0.4, -0.2) is 52.0 Å². The second-order valence-electron chi connectivity index (χ2n) is 4.78. The van der Waals surface area contributed by atoms with Gasteiger partial charge in [-0.1, -0.05) is 6.07 Å². The van der Waals surface area contributed by atoms with Crippen molar-refractivity contribution in [2.45, 2.75) is 19.0 Å². The van der Waals surface area contributed by atoms with Crippen molar-refractivity contribution >= 4 is 17.3 Å². The summed E-state index contributed by atoms with van der Waals surface area (Å²) in [6.45, 7) is 2.11. The Morgan fingerprint density at radius 3 is 3.19 bits per heavy atom. The van der Waals surface area contributed by atoms with Crippen LogP contribution >= 0.6 is 11.3 Å². The Hall–Kier alpha value is -1.77. The Morgan fingerprint density at radius 2 is 2.43 bits per heavy atom. The average Bonchev–Trinajstić information content (AvgIpc) is 3.11. The Morgan fingerprint density at radius 1 is 1.52 bits per heavy atom. The standard InChI is InChI=1S/C13H15N3O4S/c17-12(18)6-9-8-19-4-3-16(9)7-11-14-15-13(20-11)10-2-1-5-21-10/h1-2,5,9H,3-4,6-8H2,(H,17,18). The third kappa shape index (κ3) is 3.46. The minimum Gasteiger partial charge on any atom is -0.481 e. The molecular formula is C13H15N3O4S. The highest BCUT2D eigenvalue weighted by Gasteiger charge is 2.26. The molecule has 1 N–H and O–H groups in total. The van der Waals surface area contributed by atoms with Gasteiger partial charge in [0.15, 0.2) is 0 Å². The van der Waals surface area contributed by atoms with Crippen molar-refractivity contribution in [3.63, 3.8) is 0 Å². The molecule has 112 valence electrons. The summed E-state index contributed by atoms with van der Waals surface area (Å²) in [5, 5.41) is 19.0. The van der Waals surface area contributed by atoms with E-state index in [-0.39, 0.29) is 12.5 Å². The van der Waals surface area contributed by atoms with Gasteiger partial charge in [-0.25, -0.2) is 0 Å². The quantitative estimate of drug-likeness (QED) is 0.894. The molecule has 8 heteroatoms. The Bertz CT molecular complexity index is 598. The second kappa shape index (κ2) is 6.33. The van der Waals surface area contributed by atoms with Crippen LogP contribution in [0.5, 0.6) is 0 Å². The lowest BCUT2D eigenvalue weighted by Gasteiger charge is -2.33. The van der Waals surface area contributed by atoms with E-state index >= 15 is 0 Å². The Kier molecular flexibility index (Phi) is 4.28. The fourth-order valence-electron chi connectivity index (χ4n) is 2.28. The number of aromatic nitrogens is 2. The zero-order valence-electron chi connectivity index (χ0n) is 11.3. The SMILES string of the molecule is O=C(O)CC1COCCN1Cc1nnc(-c2cccs2)o1. The molecule has 1 fully saturated rings. The minimum atomic E-state index is -0.833. The van der Waals surface area contributed by atoms with Crippen molar-refractivity contribution in [3.05, 3.63) is 23.4 Å². The first-order valence-corrected chi connectivity index (χ1v) is 7.50. The zero-order chi connectivity index (χ0) is 14.7. The van der Waals surface area contributed by atoms with Gasteiger partial charge >= 0.3 is 5.97 Å². The summed E-state index contributed by atoms with van der Waals surface area (Å²) in [6.07, 6.45) is 0.0475. The van der Waals surface area contributed by atoms with E-state index in [1.54, 1.807) is 0 Å². The molecule has 0 radical (unpaired) electrons. The van der Waals surface area contributed by atoms with E-state index in [4.69, 9.17) is 14.3 Å². The van der Waals surface area contributed by atoms with Gasteiger partial charge in [0.25, 0.3) is 5.89 Å². The lowest BCUT2D eigenvalue weighted by molar-refractivity contribution is -0.140. The molecule has 0 aliphatic carbocycles. The maximum Gasteiger partial charge on any atom is 0.305 e. The summed E-state index contributed by atoms with van der Waals surface area (Å²) >= 11 is 1.54. The normalized spacial score (nSPS) is 19.7. The van der Waals surface area contributed by atoms with Crippen molar-refractivity contribution in [2.75, 3.05) is 19.8 Å². The number of ether oxygens (including phenoxy) is 1. The van der Waals surface area contributed by atoms with Gasteiger partial charge in [0, 0.05) is 12.6 Å². The largest absolute Gasteiger partial charge is 0.481 e. The number of carboxylic acid groups (broad SMARTS) is 1. The first-order chi connectivity index (χ1) is 10.2. The third-order valence-corrected chi connectivity index (χ3v) is 4.15. The zero-order valence-corrected chi connectivity index (χ0v) is 12.1. The predicted octanol–water partition coefficient (Wildman–Crippen LogP) is 1.47. The van der Waals surface area contributed by atoms with Crippen molar-refractivity contribution in [2.24, 2.45) is 0 Å². The van der Waals surface area contributed by atoms with Crippen LogP contribution in [0, 0.1) is 0 Å². The summed E-state index contributed by atoms with van der Waals surface area (Å²) < 4.78 is 11.0. The molecule has 3 heterocycles. The highest BCUT2D eigenvalue weighted by atomic mass is 32.1. The van der Waals surface area contributed by atoms with Crippen molar-refractivity contribution < 1.29 is 19.1 Å². The molecule has 1 unspecified atom stereocenters. The molecule has 0 spiro atoms. The number of rotatable bonds is 5. The number of hydrogen-bond donors (Lipinski definition) is 1. The summed E-state index contributed by atoms with van der Waals surface area (Å²) in [6, 6.07) is 3.69. The van der Waals surface area contributed by atoms with Crippen molar-refractivity contribution in [1.82, 2.24) is 15.1 Å². The number of aliphatic carboxylic acids is 1. The van der Waals surface area contributed by atoms with E-state index in [1.807, 2.05) is 22.4 Å². The molecule has 3 rings (SSSR count). The van der Waals surface area contributed by atoms with Gasteiger partial charge in [0.1, 0.15) is 0 Å². The lowest BCUT2D eigenvalue weighted by atomic mass is 10.1. The molecule has 1 aliphatic rings. The van der Waals surface area contributed by atoms with Crippen LogP contribution in [0.3, 0.4) is 0 Å². The molecule has 1 aliphatic heterocycles. The van der Waals surface area contributed by atoms with Gasteiger partial charge in [-0.15, -0.1) is 21.5 Å². The summed E-state index contributed by atoms with van der Waals surface area (Å²) in [5.74, 6) is 0.166. The molecule has 2 aromatic heterocycles.